The van der Waals surface area contributed by atoms with Gasteiger partial charge in [-0.1, -0.05) is 12.1 Å². The maximum Gasteiger partial charge on any atom is 0.231 e. The number of hydrogen-bond acceptors (Lipinski definition) is 4. The molecule has 0 aromatic heterocycles. The minimum Gasteiger partial charge on any atom is -0.378 e. The highest BCUT2D eigenvalue weighted by atomic mass is 16.5. The van der Waals surface area contributed by atoms with Gasteiger partial charge in [0.05, 0.1) is 19.6 Å². The highest BCUT2D eigenvalue weighted by Gasteiger charge is 2.27. The molecule has 102 valence electrons. The number of morpholine rings is 1. The molecule has 1 saturated heterocycles. The Kier molecular flexibility index (Phi) is 3.26. The number of likely N-dealkylation sites (N-methyl/N-ethyl adjacent to an activating group) is 1. The second-order valence-corrected chi connectivity index (χ2v) is 5.18. The molecule has 2 aliphatic heterocycles. The standard InChI is InChI=1S/C14H19N3O2/c1-17-12-3-2-9(6-10(12)7-13(17)18)14(15)11-8-19-5-4-16-11/h2-3,6,11,14,16H,4-5,7-8,15H2,1H3. The van der Waals surface area contributed by atoms with Crippen LogP contribution in [0.5, 0.6) is 0 Å². The van der Waals surface area contributed by atoms with E-state index < -0.39 is 0 Å². The van der Waals surface area contributed by atoms with Crippen LogP contribution in [0.3, 0.4) is 0 Å². The first kappa shape index (κ1) is 12.6. The molecule has 0 saturated carbocycles. The first-order valence-corrected chi connectivity index (χ1v) is 6.63. The third-order valence-electron chi connectivity index (χ3n) is 3.95. The number of nitrogens with one attached hydrogen (secondary N) is 1. The van der Waals surface area contributed by atoms with Crippen LogP contribution in [0.2, 0.25) is 0 Å². The van der Waals surface area contributed by atoms with Crippen molar-refractivity contribution in [2.24, 2.45) is 5.73 Å². The van der Waals surface area contributed by atoms with E-state index in [1.807, 2.05) is 19.2 Å². The SMILES string of the molecule is CN1C(=O)Cc2cc(C(N)C3COCCN3)ccc21. The van der Waals surface area contributed by atoms with E-state index in [0.29, 0.717) is 13.0 Å². The second-order valence-electron chi connectivity index (χ2n) is 5.18. The molecule has 19 heavy (non-hydrogen) atoms. The normalized spacial score (nSPS) is 24.4. The van der Waals surface area contributed by atoms with Crippen LogP contribution in [-0.4, -0.2) is 38.8 Å². The van der Waals surface area contributed by atoms with E-state index in [1.165, 1.54) is 0 Å². The molecule has 2 unspecified atom stereocenters. The number of carbonyl (C=O) groups is 1. The van der Waals surface area contributed by atoms with Crippen molar-refractivity contribution in [3.63, 3.8) is 0 Å². The van der Waals surface area contributed by atoms with Crippen LogP contribution in [0.25, 0.3) is 0 Å². The van der Waals surface area contributed by atoms with Gasteiger partial charge in [-0.15, -0.1) is 0 Å². The van der Waals surface area contributed by atoms with Gasteiger partial charge < -0.3 is 20.7 Å². The fourth-order valence-corrected chi connectivity index (χ4v) is 2.75. The van der Waals surface area contributed by atoms with Gasteiger partial charge in [0.2, 0.25) is 5.91 Å². The third kappa shape index (κ3) is 2.25. The maximum atomic E-state index is 11.7. The number of benzene rings is 1. The van der Waals surface area contributed by atoms with Crippen molar-refractivity contribution in [2.45, 2.75) is 18.5 Å². The second kappa shape index (κ2) is 4.92. The lowest BCUT2D eigenvalue weighted by Gasteiger charge is -2.29. The van der Waals surface area contributed by atoms with Crippen molar-refractivity contribution in [3.8, 4) is 0 Å². The highest BCUT2D eigenvalue weighted by Crippen LogP contribution is 2.30. The van der Waals surface area contributed by atoms with Crippen molar-refractivity contribution >= 4 is 11.6 Å². The number of hydrogen-bond donors (Lipinski definition) is 2. The molecule has 0 bridgehead atoms. The van der Waals surface area contributed by atoms with Crippen LogP contribution in [0.15, 0.2) is 18.2 Å². The van der Waals surface area contributed by atoms with Crippen molar-refractivity contribution < 1.29 is 9.53 Å². The van der Waals surface area contributed by atoms with Crippen LogP contribution in [-0.2, 0) is 16.0 Å². The number of carbonyl (C=O) groups excluding carboxylic acids is 1. The molecule has 0 spiro atoms. The first-order valence-electron chi connectivity index (χ1n) is 6.63. The van der Waals surface area contributed by atoms with E-state index in [1.54, 1.807) is 4.90 Å². The zero-order valence-electron chi connectivity index (χ0n) is 11.1. The van der Waals surface area contributed by atoms with E-state index >= 15 is 0 Å². The van der Waals surface area contributed by atoms with Crippen LogP contribution in [0.4, 0.5) is 5.69 Å². The van der Waals surface area contributed by atoms with Gasteiger partial charge >= 0.3 is 0 Å². The zero-order valence-corrected chi connectivity index (χ0v) is 11.1. The lowest BCUT2D eigenvalue weighted by atomic mass is 9.97. The summed E-state index contributed by atoms with van der Waals surface area (Å²) in [6.07, 6.45) is 0.473. The zero-order chi connectivity index (χ0) is 13.4. The number of amides is 1. The molecular formula is C14H19N3O2. The van der Waals surface area contributed by atoms with Crippen molar-refractivity contribution in [3.05, 3.63) is 29.3 Å². The lowest BCUT2D eigenvalue weighted by molar-refractivity contribution is -0.117. The van der Waals surface area contributed by atoms with Gasteiger partial charge in [0, 0.05) is 31.4 Å². The Balaban J connectivity index is 1.82. The van der Waals surface area contributed by atoms with Gasteiger partial charge in [-0.05, 0) is 17.2 Å². The van der Waals surface area contributed by atoms with Crippen LogP contribution in [0, 0.1) is 0 Å². The first-order chi connectivity index (χ1) is 9.16. The van der Waals surface area contributed by atoms with E-state index in [9.17, 15) is 4.79 Å². The molecule has 2 atom stereocenters. The largest absolute Gasteiger partial charge is 0.378 e. The molecule has 1 aromatic carbocycles. The van der Waals surface area contributed by atoms with Gasteiger partial charge in [0.1, 0.15) is 0 Å². The summed E-state index contributed by atoms with van der Waals surface area (Å²) in [6.45, 7) is 2.22. The van der Waals surface area contributed by atoms with Crippen LogP contribution < -0.4 is 16.0 Å². The predicted octanol–water partition coefficient (Wildman–Crippen LogP) is 0.194. The van der Waals surface area contributed by atoms with Gasteiger partial charge in [-0.25, -0.2) is 0 Å². The number of fused-ring (bicyclic) bond motifs is 1. The lowest BCUT2D eigenvalue weighted by Crippen LogP contribution is -2.47. The summed E-state index contributed by atoms with van der Waals surface area (Å²) < 4.78 is 5.45. The molecule has 2 heterocycles. The predicted molar refractivity (Wildman–Crippen MR) is 73.1 cm³/mol. The smallest absolute Gasteiger partial charge is 0.231 e. The number of ether oxygens (including phenoxy) is 1. The van der Waals surface area contributed by atoms with E-state index in [0.717, 1.165) is 30.0 Å². The molecule has 1 aromatic rings. The van der Waals surface area contributed by atoms with Crippen molar-refractivity contribution in [1.29, 1.82) is 0 Å². The molecule has 1 fully saturated rings. The molecule has 0 radical (unpaired) electrons. The molecule has 0 aliphatic carbocycles. The number of nitrogens with two attached hydrogens (primary N) is 1. The summed E-state index contributed by atoms with van der Waals surface area (Å²) in [5.41, 5.74) is 9.41. The van der Waals surface area contributed by atoms with Gasteiger partial charge in [-0.3, -0.25) is 4.79 Å². The fraction of sp³-hybridized carbons (Fsp3) is 0.500. The molecule has 2 aliphatic rings. The minimum atomic E-state index is -0.105. The van der Waals surface area contributed by atoms with E-state index in [-0.39, 0.29) is 18.0 Å². The highest BCUT2D eigenvalue weighted by molar-refractivity contribution is 6.00. The topological polar surface area (TPSA) is 67.6 Å². The Hall–Kier alpha value is -1.43. The van der Waals surface area contributed by atoms with Crippen LogP contribution >= 0.6 is 0 Å². The van der Waals surface area contributed by atoms with Crippen LogP contribution in [0.1, 0.15) is 17.2 Å². The summed E-state index contributed by atoms with van der Waals surface area (Å²) in [6, 6.07) is 6.08. The Morgan fingerprint density at radius 2 is 2.37 bits per heavy atom. The number of nitrogens with zero attached hydrogens (tertiary/aromatic N) is 1. The molecule has 3 N–H and O–H groups in total. The van der Waals surface area contributed by atoms with E-state index in [2.05, 4.69) is 11.4 Å². The maximum absolute atomic E-state index is 11.7. The fourth-order valence-electron chi connectivity index (χ4n) is 2.75. The van der Waals surface area contributed by atoms with Gasteiger partial charge in [0.15, 0.2) is 0 Å². The summed E-state index contributed by atoms with van der Waals surface area (Å²) in [5.74, 6) is 0.139. The Bertz CT molecular complexity index is 497. The minimum absolute atomic E-state index is 0.105. The quantitative estimate of drug-likeness (QED) is 0.797. The Morgan fingerprint density at radius 1 is 1.53 bits per heavy atom. The number of rotatable bonds is 2. The number of anilines is 1. The summed E-state index contributed by atoms with van der Waals surface area (Å²) >= 11 is 0. The third-order valence-corrected chi connectivity index (χ3v) is 3.95. The summed E-state index contributed by atoms with van der Waals surface area (Å²) in [7, 11) is 1.81. The summed E-state index contributed by atoms with van der Waals surface area (Å²) in [4.78, 5) is 13.4. The Labute approximate surface area is 112 Å². The molecule has 5 nitrogen and oxygen atoms in total. The Morgan fingerprint density at radius 3 is 3.11 bits per heavy atom. The monoisotopic (exact) mass is 261 g/mol. The average Bonchev–Trinajstić information content (AvgIpc) is 2.74. The van der Waals surface area contributed by atoms with Crippen molar-refractivity contribution in [1.82, 2.24) is 5.32 Å². The average molecular weight is 261 g/mol. The van der Waals surface area contributed by atoms with Gasteiger partial charge in [-0.2, -0.15) is 0 Å². The van der Waals surface area contributed by atoms with Gasteiger partial charge in [0.25, 0.3) is 0 Å². The molecular weight excluding hydrogens is 242 g/mol. The van der Waals surface area contributed by atoms with Crippen molar-refractivity contribution in [2.75, 3.05) is 31.7 Å². The summed E-state index contributed by atoms with van der Waals surface area (Å²) in [5, 5.41) is 3.38. The molecule has 5 heteroatoms. The molecule has 3 rings (SSSR count). The van der Waals surface area contributed by atoms with E-state index in [4.69, 9.17) is 10.5 Å². The molecule has 1 amide bonds.